The Labute approximate surface area is 85.8 Å². The van der Waals surface area contributed by atoms with Crippen molar-refractivity contribution in [1.82, 2.24) is 19.9 Å². The van der Waals surface area contributed by atoms with E-state index >= 15 is 0 Å². The Kier molecular flexibility index (Phi) is 1.91. The first-order chi connectivity index (χ1) is 6.58. The molecule has 0 radical (unpaired) electrons. The maximum Gasteiger partial charge on any atom is 0.174 e. The number of aromatic nitrogens is 4. The van der Waals surface area contributed by atoms with Crippen LogP contribution in [0.15, 0.2) is 0 Å². The van der Waals surface area contributed by atoms with Crippen LogP contribution in [0.25, 0.3) is 11.6 Å². The number of aryl methyl sites for hydroxylation is 4. The summed E-state index contributed by atoms with van der Waals surface area (Å²) in [5.41, 5.74) is 4.22. The molecule has 2 N–H and O–H groups in total. The Hall–Kier alpha value is -1.58. The van der Waals surface area contributed by atoms with Gasteiger partial charge in [-0.1, -0.05) is 0 Å². The summed E-state index contributed by atoms with van der Waals surface area (Å²) in [6, 6.07) is 0. The summed E-state index contributed by atoms with van der Waals surface area (Å²) in [7, 11) is 0. The molecule has 0 fully saturated rings. The van der Waals surface area contributed by atoms with Gasteiger partial charge in [-0.2, -0.15) is 0 Å². The van der Waals surface area contributed by atoms with E-state index in [1.165, 1.54) is 0 Å². The van der Waals surface area contributed by atoms with E-state index < -0.39 is 0 Å². The molecule has 0 aliphatic carbocycles. The Bertz CT molecular complexity index is 390. The molecule has 0 amide bonds. The summed E-state index contributed by atoms with van der Waals surface area (Å²) in [4.78, 5) is 15.2. The van der Waals surface area contributed by atoms with E-state index in [-0.39, 0.29) is 2.85 Å². The lowest BCUT2D eigenvalue weighted by molar-refractivity contribution is 1.16. The van der Waals surface area contributed by atoms with E-state index in [9.17, 15) is 0 Å². The molecular weight excluding hydrogens is 176 g/mol. The Balaban J connectivity index is 0.00000112. The predicted molar refractivity (Wildman–Crippen MR) is 59.3 cm³/mol. The van der Waals surface area contributed by atoms with Crippen molar-refractivity contribution in [3.63, 3.8) is 0 Å². The normalized spacial score (nSPS) is 10.9. The number of hydrogen-bond acceptors (Lipinski definition) is 2. The third kappa shape index (κ3) is 1.32. The van der Waals surface area contributed by atoms with Gasteiger partial charge in [-0.3, -0.25) is 0 Å². The smallest absolute Gasteiger partial charge is 0.174 e. The summed E-state index contributed by atoms with van der Waals surface area (Å²) in [5, 5.41) is 0. The van der Waals surface area contributed by atoms with E-state index in [0.717, 1.165) is 34.4 Å². The Morgan fingerprint density at radius 2 is 1.14 bits per heavy atom. The molecule has 0 spiro atoms. The van der Waals surface area contributed by atoms with Gasteiger partial charge in [0.2, 0.25) is 0 Å². The van der Waals surface area contributed by atoms with E-state index in [1.54, 1.807) is 0 Å². The lowest BCUT2D eigenvalue weighted by Crippen LogP contribution is -1.83. The molecule has 0 aliphatic heterocycles. The van der Waals surface area contributed by atoms with Gasteiger partial charge in [0.25, 0.3) is 0 Å². The first kappa shape index (κ1) is 8.99. The summed E-state index contributed by atoms with van der Waals surface area (Å²) < 4.78 is 0. The zero-order valence-corrected chi connectivity index (χ0v) is 8.89. The molecule has 0 aromatic carbocycles. The number of rotatable bonds is 1. The van der Waals surface area contributed by atoms with E-state index in [1.807, 2.05) is 27.7 Å². The number of imidazole rings is 2. The third-order valence-corrected chi connectivity index (χ3v) is 2.48. The lowest BCUT2D eigenvalue weighted by atomic mass is 10.4. The molecule has 0 atom stereocenters. The van der Waals surface area contributed by atoms with Gasteiger partial charge >= 0.3 is 0 Å². The zero-order valence-electron chi connectivity index (χ0n) is 8.89. The average molecular weight is 194 g/mol. The van der Waals surface area contributed by atoms with Crippen molar-refractivity contribution < 1.29 is 2.85 Å². The van der Waals surface area contributed by atoms with Crippen LogP contribution in [0.1, 0.15) is 25.6 Å². The van der Waals surface area contributed by atoms with Gasteiger partial charge < -0.3 is 9.97 Å². The molecule has 14 heavy (non-hydrogen) atoms. The maximum absolute atomic E-state index is 4.39. The van der Waals surface area contributed by atoms with Gasteiger partial charge in [0.05, 0.1) is 11.4 Å². The van der Waals surface area contributed by atoms with Crippen LogP contribution in [0.5, 0.6) is 0 Å². The molecule has 2 aromatic heterocycles. The summed E-state index contributed by atoms with van der Waals surface area (Å²) >= 11 is 0. The van der Waals surface area contributed by atoms with Crippen molar-refractivity contribution in [2.24, 2.45) is 0 Å². The fraction of sp³-hybridized carbons (Fsp3) is 0.400. The van der Waals surface area contributed by atoms with Crippen LogP contribution in [0.3, 0.4) is 0 Å². The van der Waals surface area contributed by atoms with Gasteiger partial charge in [-0.25, -0.2) is 9.97 Å². The van der Waals surface area contributed by atoms with Crippen molar-refractivity contribution >= 4 is 0 Å². The highest BCUT2D eigenvalue weighted by atomic mass is 15.0. The minimum atomic E-state index is 0. The number of hydrogen-bond donors (Lipinski definition) is 2. The molecule has 78 valence electrons. The second-order valence-electron chi connectivity index (χ2n) is 3.59. The van der Waals surface area contributed by atoms with Crippen molar-refractivity contribution in [2.75, 3.05) is 0 Å². The summed E-state index contributed by atoms with van der Waals surface area (Å²) in [6.07, 6.45) is 0. The third-order valence-electron chi connectivity index (χ3n) is 2.48. The number of aromatic amines is 2. The van der Waals surface area contributed by atoms with Crippen molar-refractivity contribution in [3.8, 4) is 11.6 Å². The highest BCUT2D eigenvalue weighted by molar-refractivity contribution is 5.46. The molecule has 4 nitrogen and oxygen atoms in total. The number of nitrogens with zero attached hydrogens (tertiary/aromatic N) is 2. The molecule has 0 saturated carbocycles. The van der Waals surface area contributed by atoms with Gasteiger partial charge in [-0.15, -0.1) is 0 Å². The predicted octanol–water partition coefficient (Wildman–Crippen LogP) is 2.53. The molecule has 0 bridgehead atoms. The van der Waals surface area contributed by atoms with Crippen LogP contribution in [-0.2, 0) is 0 Å². The molecule has 2 aromatic rings. The van der Waals surface area contributed by atoms with Crippen LogP contribution in [0.2, 0.25) is 0 Å². The highest BCUT2D eigenvalue weighted by Crippen LogP contribution is 2.15. The fourth-order valence-corrected chi connectivity index (χ4v) is 1.32. The van der Waals surface area contributed by atoms with E-state index in [2.05, 4.69) is 19.9 Å². The average Bonchev–Trinajstić information content (AvgIpc) is 2.60. The highest BCUT2D eigenvalue weighted by Gasteiger charge is 2.09. The largest absolute Gasteiger partial charge is 0.339 e. The molecule has 0 aliphatic rings. The SMILES string of the molecule is Cc1nc(-c2nc(C)c(C)[nH]2)[nH]c1C.[HH].[HH]. The molecule has 4 heteroatoms. The first-order valence-corrected chi connectivity index (χ1v) is 4.64. The summed E-state index contributed by atoms with van der Waals surface area (Å²) in [5.74, 6) is 1.63. The second-order valence-corrected chi connectivity index (χ2v) is 3.59. The first-order valence-electron chi connectivity index (χ1n) is 4.64. The topological polar surface area (TPSA) is 57.4 Å². The number of H-pyrrole nitrogens is 2. The minimum absolute atomic E-state index is 0. The van der Waals surface area contributed by atoms with Gasteiger partial charge in [0.15, 0.2) is 11.6 Å². The number of nitrogens with one attached hydrogen (secondary N) is 2. The molecule has 0 saturated heterocycles. The minimum Gasteiger partial charge on any atom is -0.339 e. The van der Waals surface area contributed by atoms with Crippen LogP contribution in [-0.4, -0.2) is 19.9 Å². The van der Waals surface area contributed by atoms with Crippen LogP contribution in [0.4, 0.5) is 0 Å². The summed E-state index contributed by atoms with van der Waals surface area (Å²) in [6.45, 7) is 7.99. The van der Waals surface area contributed by atoms with Gasteiger partial charge in [0.1, 0.15) is 0 Å². The molecule has 0 unspecified atom stereocenters. The molecular formula is C10H18N4. The van der Waals surface area contributed by atoms with Crippen LogP contribution < -0.4 is 0 Å². The quantitative estimate of drug-likeness (QED) is 0.733. The lowest BCUT2D eigenvalue weighted by Gasteiger charge is -1.87. The van der Waals surface area contributed by atoms with Crippen LogP contribution >= 0.6 is 0 Å². The monoisotopic (exact) mass is 194 g/mol. The van der Waals surface area contributed by atoms with E-state index in [4.69, 9.17) is 0 Å². The van der Waals surface area contributed by atoms with Crippen LogP contribution in [0, 0.1) is 27.7 Å². The van der Waals surface area contributed by atoms with Gasteiger partial charge in [-0.05, 0) is 27.7 Å². The van der Waals surface area contributed by atoms with E-state index in [0.29, 0.717) is 0 Å². The zero-order chi connectivity index (χ0) is 10.3. The molecule has 2 heterocycles. The van der Waals surface area contributed by atoms with Gasteiger partial charge in [0, 0.05) is 14.2 Å². The second kappa shape index (κ2) is 2.97. The maximum atomic E-state index is 4.39. The fourth-order valence-electron chi connectivity index (χ4n) is 1.32. The van der Waals surface area contributed by atoms with Crippen molar-refractivity contribution in [1.29, 1.82) is 0 Å². The van der Waals surface area contributed by atoms with Crippen molar-refractivity contribution in [3.05, 3.63) is 22.8 Å². The van der Waals surface area contributed by atoms with Crippen molar-refractivity contribution in [2.45, 2.75) is 27.7 Å². The Morgan fingerprint density at radius 3 is 1.36 bits per heavy atom. The molecule has 2 rings (SSSR count). The standard InChI is InChI=1S/C10H14N4.2H2/c1-5-6(2)12-9(11-5)10-13-7(3)8(4)14-10;;/h1-4H3,(H,11,12)(H,13,14);2*1H. The Morgan fingerprint density at radius 1 is 0.786 bits per heavy atom.